The standard InChI is InChI=1S/C18H23NO3S2/c1-22-15-7-5-8-16(13-15)24(20,21)19-14-18(10-3-2-4-11-18)17-9-6-12-23-17/h5-9,12-13,19H,2-4,10-11,14H2,1H3. The minimum Gasteiger partial charge on any atom is -0.497 e. The summed E-state index contributed by atoms with van der Waals surface area (Å²) in [6.45, 7) is 0.451. The number of nitrogens with one attached hydrogen (secondary N) is 1. The van der Waals surface area contributed by atoms with Gasteiger partial charge < -0.3 is 4.74 Å². The Morgan fingerprint density at radius 3 is 2.62 bits per heavy atom. The lowest BCUT2D eigenvalue weighted by Crippen LogP contribution is -2.41. The minimum atomic E-state index is -3.55. The van der Waals surface area contributed by atoms with E-state index in [1.807, 2.05) is 6.07 Å². The van der Waals surface area contributed by atoms with E-state index in [0.29, 0.717) is 12.3 Å². The SMILES string of the molecule is COc1cccc(S(=O)(=O)NCC2(c3cccs3)CCCCC2)c1. The number of hydrogen-bond donors (Lipinski definition) is 1. The van der Waals surface area contributed by atoms with Crippen molar-refractivity contribution in [1.82, 2.24) is 4.72 Å². The second-order valence-electron chi connectivity index (χ2n) is 6.32. The maximum atomic E-state index is 12.7. The van der Waals surface area contributed by atoms with Gasteiger partial charge in [-0.05, 0) is 36.4 Å². The van der Waals surface area contributed by atoms with E-state index in [1.165, 1.54) is 18.4 Å². The van der Waals surface area contributed by atoms with Crippen LogP contribution in [0.2, 0.25) is 0 Å². The van der Waals surface area contributed by atoms with Gasteiger partial charge in [-0.2, -0.15) is 0 Å². The van der Waals surface area contributed by atoms with Gasteiger partial charge >= 0.3 is 0 Å². The molecule has 24 heavy (non-hydrogen) atoms. The average molecular weight is 366 g/mol. The molecule has 1 fully saturated rings. The van der Waals surface area contributed by atoms with Gasteiger partial charge in [-0.1, -0.05) is 31.4 Å². The van der Waals surface area contributed by atoms with E-state index in [4.69, 9.17) is 4.74 Å². The predicted molar refractivity (Wildman–Crippen MR) is 97.3 cm³/mol. The molecule has 1 aliphatic carbocycles. The van der Waals surface area contributed by atoms with Crippen LogP contribution in [-0.2, 0) is 15.4 Å². The zero-order chi connectivity index (χ0) is 17.0. The van der Waals surface area contributed by atoms with Crippen LogP contribution >= 0.6 is 11.3 Å². The van der Waals surface area contributed by atoms with E-state index < -0.39 is 10.0 Å². The third-order valence-corrected chi connectivity index (χ3v) is 7.32. The Morgan fingerprint density at radius 1 is 1.17 bits per heavy atom. The number of rotatable bonds is 6. The maximum Gasteiger partial charge on any atom is 0.240 e. The van der Waals surface area contributed by atoms with Crippen LogP contribution < -0.4 is 9.46 Å². The molecule has 1 N–H and O–H groups in total. The zero-order valence-corrected chi connectivity index (χ0v) is 15.5. The van der Waals surface area contributed by atoms with Crippen molar-refractivity contribution in [3.63, 3.8) is 0 Å². The van der Waals surface area contributed by atoms with Crippen LogP contribution in [0.15, 0.2) is 46.7 Å². The Bertz CT molecular complexity index is 763. The molecule has 1 saturated carbocycles. The summed E-state index contributed by atoms with van der Waals surface area (Å²) in [4.78, 5) is 1.54. The molecule has 6 heteroatoms. The number of thiophene rings is 1. The Labute approximate surface area is 147 Å². The highest BCUT2D eigenvalue weighted by atomic mass is 32.2. The van der Waals surface area contributed by atoms with Crippen LogP contribution in [0.1, 0.15) is 37.0 Å². The molecule has 0 atom stereocenters. The Kier molecular flexibility index (Phi) is 5.27. The van der Waals surface area contributed by atoms with Crippen LogP contribution in [0.4, 0.5) is 0 Å². The molecular formula is C18H23NO3S2. The quantitative estimate of drug-likeness (QED) is 0.844. The maximum absolute atomic E-state index is 12.7. The van der Waals surface area contributed by atoms with E-state index in [-0.39, 0.29) is 10.3 Å². The van der Waals surface area contributed by atoms with Gasteiger partial charge in [0.15, 0.2) is 0 Å². The minimum absolute atomic E-state index is 0.0711. The molecular weight excluding hydrogens is 342 g/mol. The van der Waals surface area contributed by atoms with Gasteiger partial charge in [0.25, 0.3) is 0 Å². The smallest absolute Gasteiger partial charge is 0.240 e. The van der Waals surface area contributed by atoms with Crippen molar-refractivity contribution < 1.29 is 13.2 Å². The lowest BCUT2D eigenvalue weighted by Gasteiger charge is -2.36. The van der Waals surface area contributed by atoms with Crippen LogP contribution in [0.25, 0.3) is 0 Å². The first kappa shape index (κ1) is 17.5. The largest absolute Gasteiger partial charge is 0.497 e. The summed E-state index contributed by atoms with van der Waals surface area (Å²) < 4.78 is 33.4. The molecule has 4 nitrogen and oxygen atoms in total. The van der Waals surface area contributed by atoms with E-state index >= 15 is 0 Å². The zero-order valence-electron chi connectivity index (χ0n) is 13.8. The number of sulfonamides is 1. The molecule has 0 spiro atoms. The average Bonchev–Trinajstić information content (AvgIpc) is 3.16. The van der Waals surface area contributed by atoms with Crippen LogP contribution in [0.3, 0.4) is 0 Å². The molecule has 1 aromatic heterocycles. The molecule has 1 heterocycles. The molecule has 0 bridgehead atoms. The summed E-state index contributed by atoms with van der Waals surface area (Å²) in [5.74, 6) is 0.545. The molecule has 3 rings (SSSR count). The summed E-state index contributed by atoms with van der Waals surface area (Å²) in [6, 6.07) is 10.8. The van der Waals surface area contributed by atoms with Crippen molar-refractivity contribution in [2.24, 2.45) is 0 Å². The first-order valence-corrected chi connectivity index (χ1v) is 10.6. The molecule has 130 valence electrons. The second kappa shape index (κ2) is 7.25. The Hall–Kier alpha value is -1.37. The first-order chi connectivity index (χ1) is 11.6. The highest BCUT2D eigenvalue weighted by Gasteiger charge is 2.36. The number of hydrogen-bond acceptors (Lipinski definition) is 4. The van der Waals surface area contributed by atoms with Gasteiger partial charge in [-0.15, -0.1) is 11.3 Å². The van der Waals surface area contributed by atoms with Crippen LogP contribution in [0.5, 0.6) is 5.75 Å². The van der Waals surface area contributed by atoms with Crippen molar-refractivity contribution in [3.05, 3.63) is 46.7 Å². The lowest BCUT2D eigenvalue weighted by atomic mass is 9.73. The summed E-state index contributed by atoms with van der Waals surface area (Å²) in [5.41, 5.74) is -0.0711. The van der Waals surface area contributed by atoms with Crippen molar-refractivity contribution >= 4 is 21.4 Å². The van der Waals surface area contributed by atoms with E-state index in [9.17, 15) is 8.42 Å². The van der Waals surface area contributed by atoms with Gasteiger partial charge in [-0.25, -0.2) is 13.1 Å². The van der Waals surface area contributed by atoms with E-state index in [1.54, 1.807) is 35.6 Å². The summed E-state index contributed by atoms with van der Waals surface area (Å²) in [5, 5.41) is 2.07. The summed E-state index contributed by atoms with van der Waals surface area (Å²) in [6.07, 6.45) is 5.61. The lowest BCUT2D eigenvalue weighted by molar-refractivity contribution is 0.298. The number of benzene rings is 1. The van der Waals surface area contributed by atoms with E-state index in [2.05, 4.69) is 16.2 Å². The molecule has 0 aliphatic heterocycles. The normalized spacial score (nSPS) is 17.5. The molecule has 1 aromatic carbocycles. The topological polar surface area (TPSA) is 55.4 Å². The third kappa shape index (κ3) is 3.66. The van der Waals surface area contributed by atoms with E-state index in [0.717, 1.165) is 25.7 Å². The molecule has 0 saturated heterocycles. The molecule has 1 aliphatic rings. The summed E-state index contributed by atoms with van der Waals surface area (Å²) >= 11 is 1.73. The van der Waals surface area contributed by atoms with Gasteiger partial charge in [0.1, 0.15) is 5.75 Å². The molecule has 2 aromatic rings. The predicted octanol–water partition coefficient (Wildman–Crippen LogP) is 3.94. The van der Waals surface area contributed by atoms with Crippen LogP contribution in [-0.4, -0.2) is 22.1 Å². The highest BCUT2D eigenvalue weighted by Crippen LogP contribution is 2.41. The van der Waals surface area contributed by atoms with Gasteiger partial charge in [-0.3, -0.25) is 0 Å². The molecule has 0 radical (unpaired) electrons. The van der Waals surface area contributed by atoms with Crippen LogP contribution in [0, 0.1) is 0 Å². The van der Waals surface area contributed by atoms with Crippen molar-refractivity contribution in [2.75, 3.05) is 13.7 Å². The fraction of sp³-hybridized carbons (Fsp3) is 0.444. The van der Waals surface area contributed by atoms with Gasteiger partial charge in [0.2, 0.25) is 10.0 Å². The Morgan fingerprint density at radius 2 is 1.96 bits per heavy atom. The summed E-state index contributed by atoms with van der Waals surface area (Å²) in [7, 11) is -2.01. The first-order valence-electron chi connectivity index (χ1n) is 8.23. The fourth-order valence-electron chi connectivity index (χ4n) is 3.40. The molecule has 0 amide bonds. The second-order valence-corrected chi connectivity index (χ2v) is 9.04. The fourth-order valence-corrected chi connectivity index (χ4v) is 5.55. The van der Waals surface area contributed by atoms with Crippen molar-refractivity contribution in [3.8, 4) is 5.75 Å². The highest BCUT2D eigenvalue weighted by molar-refractivity contribution is 7.89. The van der Waals surface area contributed by atoms with Gasteiger partial charge in [0, 0.05) is 22.9 Å². The monoisotopic (exact) mass is 365 g/mol. The number of ether oxygens (including phenoxy) is 1. The number of methoxy groups -OCH3 is 1. The Balaban J connectivity index is 1.81. The molecule has 0 unspecified atom stereocenters. The third-order valence-electron chi connectivity index (χ3n) is 4.81. The van der Waals surface area contributed by atoms with Crippen molar-refractivity contribution in [1.29, 1.82) is 0 Å². The van der Waals surface area contributed by atoms with Crippen molar-refractivity contribution in [2.45, 2.75) is 42.4 Å². The van der Waals surface area contributed by atoms with Gasteiger partial charge in [0.05, 0.1) is 12.0 Å².